The second-order valence-corrected chi connectivity index (χ2v) is 4.25. The summed E-state index contributed by atoms with van der Waals surface area (Å²) in [7, 11) is 0. The molecule has 2 aromatic rings. The largest absolute Gasteiger partial charge is 0.439 e. The Labute approximate surface area is 123 Å². The highest BCUT2D eigenvalue weighted by atomic mass is 16.5. The lowest BCUT2D eigenvalue weighted by molar-refractivity contribution is 0.0922. The molecule has 0 unspecified atom stereocenters. The van der Waals surface area contributed by atoms with Crippen molar-refractivity contribution in [2.45, 2.75) is 6.92 Å². The summed E-state index contributed by atoms with van der Waals surface area (Å²) in [6.45, 7) is 3.54. The van der Waals surface area contributed by atoms with Gasteiger partial charge in [0.2, 0.25) is 5.88 Å². The summed E-state index contributed by atoms with van der Waals surface area (Å²) in [6, 6.07) is 12.7. The van der Waals surface area contributed by atoms with Crippen LogP contribution in [-0.2, 0) is 4.74 Å². The van der Waals surface area contributed by atoms with Crippen LogP contribution < -0.4 is 10.1 Å². The molecule has 1 N–H and O–H groups in total. The number of hydrogen-bond acceptors (Lipinski definition) is 4. The number of carbonyl (C=O) groups is 1. The molecule has 110 valence electrons. The van der Waals surface area contributed by atoms with E-state index in [1.54, 1.807) is 12.1 Å². The van der Waals surface area contributed by atoms with Crippen LogP contribution in [0.2, 0.25) is 0 Å². The summed E-state index contributed by atoms with van der Waals surface area (Å²) in [4.78, 5) is 16.0. The van der Waals surface area contributed by atoms with Crippen LogP contribution in [0.5, 0.6) is 11.6 Å². The lowest BCUT2D eigenvalue weighted by Gasteiger charge is -2.07. The first-order valence-electron chi connectivity index (χ1n) is 6.84. The third kappa shape index (κ3) is 4.89. The average Bonchev–Trinajstić information content (AvgIpc) is 2.53. The maximum atomic E-state index is 11.8. The van der Waals surface area contributed by atoms with Crippen molar-refractivity contribution in [1.82, 2.24) is 10.3 Å². The Kier molecular flexibility index (Phi) is 5.72. The van der Waals surface area contributed by atoms with E-state index >= 15 is 0 Å². The van der Waals surface area contributed by atoms with E-state index in [1.165, 1.54) is 6.20 Å². The normalized spacial score (nSPS) is 10.1. The van der Waals surface area contributed by atoms with Gasteiger partial charge in [-0.15, -0.1) is 0 Å². The molecule has 0 saturated carbocycles. The second-order valence-electron chi connectivity index (χ2n) is 4.25. The fourth-order valence-electron chi connectivity index (χ4n) is 1.67. The SMILES string of the molecule is CCOCCNC(=O)c1ccc(Oc2ccccc2)nc1. The van der Waals surface area contributed by atoms with Gasteiger partial charge < -0.3 is 14.8 Å². The van der Waals surface area contributed by atoms with Gasteiger partial charge in [0.15, 0.2) is 0 Å². The number of hydrogen-bond donors (Lipinski definition) is 1. The Hall–Kier alpha value is -2.40. The minimum Gasteiger partial charge on any atom is -0.439 e. The highest BCUT2D eigenvalue weighted by Crippen LogP contribution is 2.18. The van der Waals surface area contributed by atoms with Crippen molar-refractivity contribution in [3.8, 4) is 11.6 Å². The maximum absolute atomic E-state index is 11.8. The minimum atomic E-state index is -0.173. The highest BCUT2D eigenvalue weighted by Gasteiger charge is 2.06. The van der Waals surface area contributed by atoms with Crippen LogP contribution in [0.3, 0.4) is 0 Å². The molecule has 0 saturated heterocycles. The maximum Gasteiger partial charge on any atom is 0.252 e. The number of nitrogens with one attached hydrogen (secondary N) is 1. The van der Waals surface area contributed by atoms with Crippen molar-refractivity contribution in [2.75, 3.05) is 19.8 Å². The topological polar surface area (TPSA) is 60.5 Å². The van der Waals surface area contributed by atoms with Crippen LogP contribution >= 0.6 is 0 Å². The fourth-order valence-corrected chi connectivity index (χ4v) is 1.67. The molecule has 1 aromatic heterocycles. The smallest absolute Gasteiger partial charge is 0.252 e. The van der Waals surface area contributed by atoms with Crippen molar-refractivity contribution < 1.29 is 14.3 Å². The number of nitrogens with zero attached hydrogens (tertiary/aromatic N) is 1. The molecule has 0 atom stereocenters. The van der Waals surface area contributed by atoms with E-state index in [2.05, 4.69) is 10.3 Å². The number of amides is 1. The number of pyridine rings is 1. The van der Waals surface area contributed by atoms with Crippen molar-refractivity contribution in [1.29, 1.82) is 0 Å². The van der Waals surface area contributed by atoms with Crippen LogP contribution in [0.1, 0.15) is 17.3 Å². The molecule has 0 bridgehead atoms. The zero-order valence-corrected chi connectivity index (χ0v) is 11.9. The molecular weight excluding hydrogens is 268 g/mol. The number of ether oxygens (including phenoxy) is 2. The zero-order valence-electron chi connectivity index (χ0n) is 11.9. The first-order valence-corrected chi connectivity index (χ1v) is 6.84. The summed E-state index contributed by atoms with van der Waals surface area (Å²) in [5.41, 5.74) is 0.493. The molecule has 21 heavy (non-hydrogen) atoms. The molecule has 1 heterocycles. The summed E-state index contributed by atoms with van der Waals surface area (Å²) >= 11 is 0. The zero-order chi connectivity index (χ0) is 14.9. The van der Waals surface area contributed by atoms with Crippen LogP contribution in [0.25, 0.3) is 0 Å². The summed E-state index contributed by atoms with van der Waals surface area (Å²) in [6.07, 6.45) is 1.49. The molecule has 0 aliphatic heterocycles. The van der Waals surface area contributed by atoms with E-state index in [0.29, 0.717) is 37.0 Å². The van der Waals surface area contributed by atoms with Gasteiger partial charge in [-0.25, -0.2) is 4.98 Å². The molecule has 1 amide bonds. The quantitative estimate of drug-likeness (QED) is 0.795. The van der Waals surface area contributed by atoms with Crippen LogP contribution in [0.4, 0.5) is 0 Å². The summed E-state index contributed by atoms with van der Waals surface area (Å²) in [5.74, 6) is 0.986. The Bertz CT molecular complexity index is 555. The predicted molar refractivity (Wildman–Crippen MR) is 79.6 cm³/mol. The second kappa shape index (κ2) is 8.01. The fraction of sp³-hybridized carbons (Fsp3) is 0.250. The first kappa shape index (κ1) is 15.0. The number of carbonyl (C=O) groups excluding carboxylic acids is 1. The molecule has 0 fully saturated rings. The Morgan fingerprint density at radius 3 is 2.67 bits per heavy atom. The average molecular weight is 286 g/mol. The van der Waals surface area contributed by atoms with Gasteiger partial charge in [-0.3, -0.25) is 4.79 Å². The highest BCUT2D eigenvalue weighted by molar-refractivity contribution is 5.93. The number of para-hydroxylation sites is 1. The van der Waals surface area contributed by atoms with E-state index in [4.69, 9.17) is 9.47 Å². The van der Waals surface area contributed by atoms with Gasteiger partial charge in [-0.05, 0) is 25.1 Å². The van der Waals surface area contributed by atoms with Crippen LogP contribution in [0, 0.1) is 0 Å². The molecular formula is C16H18N2O3. The third-order valence-corrected chi connectivity index (χ3v) is 2.70. The van der Waals surface area contributed by atoms with Gasteiger partial charge in [-0.2, -0.15) is 0 Å². The molecule has 5 heteroatoms. The molecule has 0 spiro atoms. The Balaban J connectivity index is 1.88. The van der Waals surface area contributed by atoms with Crippen LogP contribution in [0.15, 0.2) is 48.7 Å². The summed E-state index contributed by atoms with van der Waals surface area (Å²) in [5, 5.41) is 2.76. The van der Waals surface area contributed by atoms with Crippen molar-refractivity contribution in [2.24, 2.45) is 0 Å². The molecule has 0 aliphatic rings. The van der Waals surface area contributed by atoms with Crippen molar-refractivity contribution >= 4 is 5.91 Å². The van der Waals surface area contributed by atoms with Crippen molar-refractivity contribution in [3.05, 3.63) is 54.2 Å². The predicted octanol–water partition coefficient (Wildman–Crippen LogP) is 2.64. The monoisotopic (exact) mass is 286 g/mol. The van der Waals surface area contributed by atoms with Gasteiger partial charge in [0.1, 0.15) is 5.75 Å². The standard InChI is InChI=1S/C16H18N2O3/c1-2-20-11-10-17-16(19)13-8-9-15(18-12-13)21-14-6-4-3-5-7-14/h3-9,12H,2,10-11H2,1H3,(H,17,19). The minimum absolute atomic E-state index is 0.173. The lowest BCUT2D eigenvalue weighted by Crippen LogP contribution is -2.27. The van der Waals surface area contributed by atoms with Gasteiger partial charge in [0.25, 0.3) is 5.91 Å². The molecule has 1 aromatic carbocycles. The van der Waals surface area contributed by atoms with E-state index in [1.807, 2.05) is 37.3 Å². The molecule has 0 aliphatic carbocycles. The van der Waals surface area contributed by atoms with Crippen LogP contribution in [-0.4, -0.2) is 30.6 Å². The Morgan fingerprint density at radius 1 is 1.19 bits per heavy atom. The molecule has 5 nitrogen and oxygen atoms in total. The van der Waals surface area contributed by atoms with Crippen molar-refractivity contribution in [3.63, 3.8) is 0 Å². The van der Waals surface area contributed by atoms with Gasteiger partial charge in [-0.1, -0.05) is 18.2 Å². The van der Waals surface area contributed by atoms with E-state index in [9.17, 15) is 4.79 Å². The first-order chi connectivity index (χ1) is 10.3. The number of benzene rings is 1. The van der Waals surface area contributed by atoms with Gasteiger partial charge >= 0.3 is 0 Å². The van der Waals surface area contributed by atoms with E-state index in [0.717, 1.165) is 0 Å². The Morgan fingerprint density at radius 2 is 2.00 bits per heavy atom. The van der Waals surface area contributed by atoms with Gasteiger partial charge in [0, 0.05) is 25.4 Å². The lowest BCUT2D eigenvalue weighted by atomic mass is 10.2. The number of rotatable bonds is 7. The van der Waals surface area contributed by atoms with E-state index in [-0.39, 0.29) is 5.91 Å². The third-order valence-electron chi connectivity index (χ3n) is 2.70. The van der Waals surface area contributed by atoms with Gasteiger partial charge in [0.05, 0.1) is 12.2 Å². The summed E-state index contributed by atoms with van der Waals surface area (Å²) < 4.78 is 10.7. The molecule has 0 radical (unpaired) electrons. The number of aromatic nitrogens is 1. The molecule has 2 rings (SSSR count). The van der Waals surface area contributed by atoms with E-state index < -0.39 is 0 Å².